The second-order valence-electron chi connectivity index (χ2n) is 14.7. The van der Waals surface area contributed by atoms with E-state index in [0.717, 1.165) is 0 Å². The van der Waals surface area contributed by atoms with Crippen LogP contribution in [0.1, 0.15) is 126 Å². The van der Waals surface area contributed by atoms with Crippen LogP contribution in [0.15, 0.2) is 0 Å². The first-order valence-electron chi connectivity index (χ1n) is 17.5. The van der Waals surface area contributed by atoms with Gasteiger partial charge in [-0.25, -0.2) is 0 Å². The average Bonchev–Trinajstić information content (AvgIpc) is 3.81. The molecule has 216 valence electrons. The maximum atomic E-state index is 2.79. The summed E-state index contributed by atoms with van der Waals surface area (Å²) in [6.07, 6.45) is 11.4. The number of fused-ring (bicyclic) bond motifs is 9. The standard InChI is InChI=1S/C39H45N3/c1-4-7-10-40-16-28-22-13-24-30-18-41(11-8-5-2)20-32(30)26-15-27-33-21-42(12-9-6-3)19-31(33)25-14-23(29(28)17-40)35-34(22)36(24)38(26)39(27)37(25)35/h4-21H2,1-3H3. The molecule has 6 aliphatic rings. The second kappa shape index (κ2) is 8.80. The van der Waals surface area contributed by atoms with Gasteiger partial charge in [0.15, 0.2) is 0 Å². The number of hydrogen-bond donors (Lipinski definition) is 0. The average molecular weight is 556 g/mol. The van der Waals surface area contributed by atoms with Crippen LogP contribution < -0.4 is 0 Å². The minimum Gasteiger partial charge on any atom is -0.295 e. The molecule has 3 aliphatic carbocycles. The van der Waals surface area contributed by atoms with E-state index in [-0.39, 0.29) is 0 Å². The van der Waals surface area contributed by atoms with Gasteiger partial charge in [0.05, 0.1) is 0 Å². The Kier molecular flexibility index (Phi) is 5.23. The highest BCUT2D eigenvalue weighted by Crippen LogP contribution is 2.59. The molecule has 3 heterocycles. The van der Waals surface area contributed by atoms with Crippen molar-refractivity contribution >= 4 is 32.3 Å². The van der Waals surface area contributed by atoms with Crippen molar-refractivity contribution in [2.24, 2.45) is 0 Å². The van der Waals surface area contributed by atoms with E-state index in [9.17, 15) is 0 Å². The van der Waals surface area contributed by atoms with Gasteiger partial charge in [-0.2, -0.15) is 0 Å². The SMILES string of the molecule is CCCCN1Cc2c(c3c4c5c2Cc2c6c(c7c(c25)c2c(c5c(c(c42)C3)CN(CCCC)C5)C7)CN(CCCC)C6)C1. The summed E-state index contributed by atoms with van der Waals surface area (Å²) in [4.78, 5) is 8.37. The van der Waals surface area contributed by atoms with Crippen molar-refractivity contribution in [1.29, 1.82) is 0 Å². The number of rotatable bonds is 9. The van der Waals surface area contributed by atoms with Gasteiger partial charge in [0.1, 0.15) is 0 Å². The molecule has 0 aromatic heterocycles. The Bertz CT molecular complexity index is 1530. The number of nitrogens with zero attached hydrogens (tertiary/aromatic N) is 3. The first-order valence-corrected chi connectivity index (χ1v) is 17.5. The van der Waals surface area contributed by atoms with Crippen LogP contribution in [0.2, 0.25) is 0 Å². The predicted molar refractivity (Wildman–Crippen MR) is 174 cm³/mol. The maximum Gasteiger partial charge on any atom is 0.0243 e. The summed E-state index contributed by atoms with van der Waals surface area (Å²) < 4.78 is 0. The Morgan fingerprint density at radius 2 is 0.548 bits per heavy atom. The van der Waals surface area contributed by atoms with Crippen LogP contribution in [-0.4, -0.2) is 34.3 Å². The smallest absolute Gasteiger partial charge is 0.0243 e. The summed E-state index contributed by atoms with van der Waals surface area (Å²) in [5.74, 6) is 0. The van der Waals surface area contributed by atoms with Gasteiger partial charge in [-0.05, 0) is 157 Å². The van der Waals surface area contributed by atoms with Gasteiger partial charge in [-0.15, -0.1) is 0 Å². The lowest BCUT2D eigenvalue weighted by Gasteiger charge is -2.14. The van der Waals surface area contributed by atoms with Gasteiger partial charge in [0, 0.05) is 39.3 Å². The fraction of sp³-hybridized carbons (Fsp3) is 0.538. The van der Waals surface area contributed by atoms with E-state index in [1.165, 1.54) is 117 Å². The topological polar surface area (TPSA) is 9.72 Å². The van der Waals surface area contributed by atoms with Crippen molar-refractivity contribution in [1.82, 2.24) is 14.7 Å². The molecule has 0 fully saturated rings. The highest BCUT2D eigenvalue weighted by atomic mass is 15.1. The van der Waals surface area contributed by atoms with E-state index in [2.05, 4.69) is 35.5 Å². The summed E-state index contributed by atoms with van der Waals surface area (Å²) in [7, 11) is 0. The Morgan fingerprint density at radius 1 is 0.333 bits per heavy atom. The molecule has 0 atom stereocenters. The molecule has 0 amide bonds. The van der Waals surface area contributed by atoms with Gasteiger partial charge in [0.2, 0.25) is 0 Å². The molecule has 0 saturated heterocycles. The van der Waals surface area contributed by atoms with Crippen LogP contribution in [0.4, 0.5) is 0 Å². The van der Waals surface area contributed by atoms with E-state index in [0.29, 0.717) is 0 Å². The lowest BCUT2D eigenvalue weighted by atomic mass is 9.88. The lowest BCUT2D eigenvalue weighted by Crippen LogP contribution is -2.18. The van der Waals surface area contributed by atoms with Gasteiger partial charge >= 0.3 is 0 Å². The summed E-state index contributed by atoms with van der Waals surface area (Å²) in [6, 6.07) is 0. The molecule has 0 bridgehead atoms. The summed E-state index contributed by atoms with van der Waals surface area (Å²) in [5, 5.41) is 10.3. The Hall–Kier alpha value is -2.46. The zero-order chi connectivity index (χ0) is 27.9. The van der Waals surface area contributed by atoms with E-state index < -0.39 is 0 Å². The van der Waals surface area contributed by atoms with Crippen LogP contribution in [0.3, 0.4) is 0 Å². The minimum atomic E-state index is 1.18. The molecule has 0 radical (unpaired) electrons. The molecule has 0 unspecified atom stereocenters. The largest absolute Gasteiger partial charge is 0.295 e. The molecule has 4 aromatic carbocycles. The highest BCUT2D eigenvalue weighted by Gasteiger charge is 2.43. The van der Waals surface area contributed by atoms with Gasteiger partial charge in [0.25, 0.3) is 0 Å². The first-order chi connectivity index (χ1) is 20.7. The second-order valence-corrected chi connectivity index (χ2v) is 14.7. The normalized spacial score (nSPS) is 19.5. The fourth-order valence-corrected chi connectivity index (χ4v) is 10.5. The third-order valence-corrected chi connectivity index (χ3v) is 12.4. The van der Waals surface area contributed by atoms with Crippen LogP contribution >= 0.6 is 0 Å². The summed E-state index contributed by atoms with van der Waals surface area (Å²) in [5.41, 5.74) is 21.0. The van der Waals surface area contributed by atoms with E-state index in [1.54, 1.807) is 99.1 Å². The quantitative estimate of drug-likeness (QED) is 0.166. The third-order valence-electron chi connectivity index (χ3n) is 12.4. The van der Waals surface area contributed by atoms with Crippen LogP contribution in [-0.2, 0) is 58.5 Å². The van der Waals surface area contributed by atoms with Crippen LogP contribution in [0.5, 0.6) is 0 Å². The Balaban J connectivity index is 1.26. The van der Waals surface area contributed by atoms with Crippen LogP contribution in [0, 0.1) is 0 Å². The van der Waals surface area contributed by atoms with Crippen molar-refractivity contribution in [2.75, 3.05) is 19.6 Å². The molecule has 4 aromatic rings. The maximum absolute atomic E-state index is 2.79. The molecule has 42 heavy (non-hydrogen) atoms. The van der Waals surface area contributed by atoms with Gasteiger partial charge < -0.3 is 0 Å². The van der Waals surface area contributed by atoms with Crippen molar-refractivity contribution in [3.05, 3.63) is 66.8 Å². The Morgan fingerprint density at radius 3 is 0.738 bits per heavy atom. The molecule has 0 spiro atoms. The fourth-order valence-electron chi connectivity index (χ4n) is 10.5. The van der Waals surface area contributed by atoms with Gasteiger partial charge in [-0.1, -0.05) is 40.0 Å². The molecule has 3 aliphatic heterocycles. The van der Waals surface area contributed by atoms with Crippen molar-refractivity contribution in [3.63, 3.8) is 0 Å². The summed E-state index contributed by atoms with van der Waals surface area (Å²) in [6.45, 7) is 17.9. The van der Waals surface area contributed by atoms with Crippen molar-refractivity contribution in [2.45, 2.75) is 118 Å². The Labute approximate surface area is 250 Å². The van der Waals surface area contributed by atoms with Crippen molar-refractivity contribution < 1.29 is 0 Å². The van der Waals surface area contributed by atoms with E-state index >= 15 is 0 Å². The van der Waals surface area contributed by atoms with E-state index in [1.807, 2.05) is 0 Å². The molecule has 3 heteroatoms. The third kappa shape index (κ3) is 2.99. The van der Waals surface area contributed by atoms with Crippen LogP contribution in [0.25, 0.3) is 32.3 Å². The molecule has 0 N–H and O–H groups in total. The zero-order valence-electron chi connectivity index (χ0n) is 26.1. The molecule has 3 nitrogen and oxygen atoms in total. The number of hydrogen-bond acceptors (Lipinski definition) is 3. The number of benzene rings is 4. The molecule has 0 saturated carbocycles. The summed E-state index contributed by atoms with van der Waals surface area (Å²) >= 11 is 0. The first kappa shape index (κ1) is 24.9. The molecular formula is C39H45N3. The van der Waals surface area contributed by atoms with Gasteiger partial charge in [-0.3, -0.25) is 14.7 Å². The molecule has 10 rings (SSSR count). The zero-order valence-corrected chi connectivity index (χ0v) is 26.1. The van der Waals surface area contributed by atoms with E-state index in [4.69, 9.17) is 0 Å². The molecular weight excluding hydrogens is 510 g/mol. The predicted octanol–water partition coefficient (Wildman–Crippen LogP) is 8.21. The number of unbranched alkanes of at least 4 members (excludes halogenated alkanes) is 3. The van der Waals surface area contributed by atoms with Crippen molar-refractivity contribution in [3.8, 4) is 0 Å². The minimum absolute atomic E-state index is 1.18. The lowest BCUT2D eigenvalue weighted by molar-refractivity contribution is 0.278. The monoisotopic (exact) mass is 555 g/mol. The highest BCUT2D eigenvalue weighted by molar-refractivity contribution is 6.34.